The highest BCUT2D eigenvalue weighted by molar-refractivity contribution is 5.58. The molecule has 0 bridgehead atoms. The molecule has 0 atom stereocenters. The van der Waals surface area contributed by atoms with E-state index in [-0.39, 0.29) is 0 Å². The number of hydrogen-bond acceptors (Lipinski definition) is 0. The summed E-state index contributed by atoms with van der Waals surface area (Å²) in [6, 6.07) is 10.4. The third kappa shape index (κ3) is 3.32. The Hall–Kier alpha value is -1.82. The second kappa shape index (κ2) is 6.05. The largest absolute Gasteiger partial charge is 0.0836 e. The van der Waals surface area contributed by atoms with Gasteiger partial charge < -0.3 is 0 Å². The van der Waals surface area contributed by atoms with E-state index in [0.717, 1.165) is 6.42 Å². The molecule has 86 valence electrons. The van der Waals surface area contributed by atoms with E-state index in [1.165, 1.54) is 23.1 Å². The zero-order chi connectivity index (χ0) is 11.9. The van der Waals surface area contributed by atoms with Crippen LogP contribution in [-0.2, 0) is 0 Å². The molecule has 0 saturated carbocycles. The number of hydrogen-bond donors (Lipinski definition) is 0. The Morgan fingerprint density at radius 1 is 1.12 bits per heavy atom. The minimum Gasteiger partial charge on any atom is -0.0836 e. The second-order valence-electron chi connectivity index (χ2n) is 4.13. The van der Waals surface area contributed by atoms with Crippen LogP contribution in [0.15, 0.2) is 71.9 Å². The van der Waals surface area contributed by atoms with Gasteiger partial charge in [-0.3, -0.25) is 0 Å². The third-order valence-corrected chi connectivity index (χ3v) is 2.89. The summed E-state index contributed by atoms with van der Waals surface area (Å²) in [7, 11) is 0. The lowest BCUT2D eigenvalue weighted by molar-refractivity contribution is 1.02. The Bertz CT molecular complexity index is 470. The van der Waals surface area contributed by atoms with Crippen molar-refractivity contribution in [2.75, 3.05) is 0 Å². The van der Waals surface area contributed by atoms with Crippen LogP contribution in [0.5, 0.6) is 0 Å². The predicted octanol–water partition coefficient (Wildman–Crippen LogP) is 4.92. The van der Waals surface area contributed by atoms with Gasteiger partial charge in [0.25, 0.3) is 0 Å². The number of rotatable bonds is 3. The molecule has 2 rings (SSSR count). The molecule has 0 heterocycles. The van der Waals surface area contributed by atoms with E-state index < -0.39 is 0 Å². The summed E-state index contributed by atoms with van der Waals surface area (Å²) in [6.07, 6.45) is 15.6. The average Bonchev–Trinajstić information content (AvgIpc) is 2.42. The van der Waals surface area contributed by atoms with Crippen molar-refractivity contribution in [1.82, 2.24) is 0 Å². The van der Waals surface area contributed by atoms with E-state index in [2.05, 4.69) is 67.6 Å². The van der Waals surface area contributed by atoms with Crippen LogP contribution in [-0.4, -0.2) is 0 Å². The SMILES string of the molecule is C/C=C(\C=C/c1ccccc1)C1=CCCC=C1. The number of benzene rings is 1. The molecule has 0 saturated heterocycles. The van der Waals surface area contributed by atoms with Gasteiger partial charge in [-0.15, -0.1) is 0 Å². The summed E-state index contributed by atoms with van der Waals surface area (Å²) < 4.78 is 0. The summed E-state index contributed by atoms with van der Waals surface area (Å²) in [6.45, 7) is 2.09. The van der Waals surface area contributed by atoms with Gasteiger partial charge in [-0.05, 0) is 36.5 Å². The van der Waals surface area contributed by atoms with Crippen LogP contribution in [0.2, 0.25) is 0 Å². The van der Waals surface area contributed by atoms with Crippen LogP contribution in [0.25, 0.3) is 6.08 Å². The first-order chi connectivity index (χ1) is 8.40. The lowest BCUT2D eigenvalue weighted by Gasteiger charge is -2.07. The highest BCUT2D eigenvalue weighted by atomic mass is 14.0. The van der Waals surface area contributed by atoms with E-state index in [9.17, 15) is 0 Å². The normalized spacial score (nSPS) is 16.3. The van der Waals surface area contributed by atoms with Gasteiger partial charge in [-0.2, -0.15) is 0 Å². The Morgan fingerprint density at radius 3 is 2.59 bits per heavy atom. The molecule has 1 aromatic carbocycles. The third-order valence-electron chi connectivity index (χ3n) is 2.89. The lowest BCUT2D eigenvalue weighted by atomic mass is 9.98. The fourth-order valence-corrected chi connectivity index (χ4v) is 1.94. The van der Waals surface area contributed by atoms with Crippen molar-refractivity contribution < 1.29 is 0 Å². The highest BCUT2D eigenvalue weighted by Gasteiger charge is 2.00. The quantitative estimate of drug-likeness (QED) is 0.637. The van der Waals surface area contributed by atoms with Crippen LogP contribution in [0.1, 0.15) is 25.3 Å². The molecule has 0 aliphatic heterocycles. The van der Waals surface area contributed by atoms with E-state index >= 15 is 0 Å². The van der Waals surface area contributed by atoms with Crippen LogP contribution in [0.4, 0.5) is 0 Å². The van der Waals surface area contributed by atoms with Crippen molar-refractivity contribution in [2.45, 2.75) is 19.8 Å². The summed E-state index contributed by atoms with van der Waals surface area (Å²) in [5, 5.41) is 0. The zero-order valence-corrected chi connectivity index (χ0v) is 10.3. The molecule has 0 radical (unpaired) electrons. The fraction of sp³-hybridized carbons (Fsp3) is 0.176. The Balaban J connectivity index is 2.14. The maximum atomic E-state index is 2.31. The Labute approximate surface area is 104 Å². The van der Waals surface area contributed by atoms with Gasteiger partial charge in [-0.25, -0.2) is 0 Å². The van der Waals surface area contributed by atoms with Gasteiger partial charge in [0.1, 0.15) is 0 Å². The first-order valence-corrected chi connectivity index (χ1v) is 6.16. The summed E-state index contributed by atoms with van der Waals surface area (Å²) >= 11 is 0. The second-order valence-corrected chi connectivity index (χ2v) is 4.13. The average molecular weight is 222 g/mol. The molecule has 0 fully saturated rings. The minimum absolute atomic E-state index is 1.16. The molecule has 1 aliphatic carbocycles. The Kier molecular flexibility index (Phi) is 4.15. The van der Waals surface area contributed by atoms with Crippen LogP contribution in [0, 0.1) is 0 Å². The standard InChI is InChI=1S/C17H18/c1-2-16(17-11-7-4-8-12-17)14-13-15-9-5-3-6-10-15/h2-3,5-7,9-14H,4,8H2,1H3/b14-13-,16-2+. The minimum atomic E-state index is 1.16. The first-order valence-electron chi connectivity index (χ1n) is 6.16. The molecule has 0 unspecified atom stereocenters. The summed E-state index contributed by atoms with van der Waals surface area (Å²) in [5.41, 5.74) is 3.88. The topological polar surface area (TPSA) is 0 Å². The molecule has 0 amide bonds. The predicted molar refractivity (Wildman–Crippen MR) is 75.7 cm³/mol. The highest BCUT2D eigenvalue weighted by Crippen LogP contribution is 2.20. The molecule has 1 aromatic rings. The molecule has 0 N–H and O–H groups in total. The van der Waals surface area contributed by atoms with Crippen molar-refractivity contribution in [3.05, 3.63) is 77.4 Å². The maximum Gasteiger partial charge on any atom is -0.0230 e. The van der Waals surface area contributed by atoms with Gasteiger partial charge >= 0.3 is 0 Å². The summed E-state index contributed by atoms with van der Waals surface area (Å²) in [5.74, 6) is 0. The molecular weight excluding hydrogens is 204 g/mol. The molecule has 1 aliphatic rings. The monoisotopic (exact) mass is 222 g/mol. The lowest BCUT2D eigenvalue weighted by Crippen LogP contribution is -1.87. The molecule has 0 heteroatoms. The van der Waals surface area contributed by atoms with E-state index in [0.29, 0.717) is 0 Å². The van der Waals surface area contributed by atoms with Crippen molar-refractivity contribution in [3.8, 4) is 0 Å². The maximum absolute atomic E-state index is 2.31. The van der Waals surface area contributed by atoms with E-state index in [1.807, 2.05) is 6.07 Å². The van der Waals surface area contributed by atoms with Crippen molar-refractivity contribution >= 4 is 6.08 Å². The smallest absolute Gasteiger partial charge is 0.0230 e. The van der Waals surface area contributed by atoms with Gasteiger partial charge in [-0.1, -0.05) is 66.8 Å². The van der Waals surface area contributed by atoms with E-state index in [4.69, 9.17) is 0 Å². The van der Waals surface area contributed by atoms with Gasteiger partial charge in [0, 0.05) is 0 Å². The molecule has 0 nitrogen and oxygen atoms in total. The van der Waals surface area contributed by atoms with E-state index in [1.54, 1.807) is 0 Å². The van der Waals surface area contributed by atoms with Crippen molar-refractivity contribution in [1.29, 1.82) is 0 Å². The molecule has 0 aromatic heterocycles. The van der Waals surface area contributed by atoms with Gasteiger partial charge in [0.05, 0.1) is 0 Å². The summed E-state index contributed by atoms with van der Waals surface area (Å²) in [4.78, 5) is 0. The van der Waals surface area contributed by atoms with Gasteiger partial charge in [0.2, 0.25) is 0 Å². The zero-order valence-electron chi connectivity index (χ0n) is 10.3. The molecule has 17 heavy (non-hydrogen) atoms. The van der Waals surface area contributed by atoms with Crippen LogP contribution < -0.4 is 0 Å². The molecular formula is C17H18. The van der Waals surface area contributed by atoms with Crippen LogP contribution in [0.3, 0.4) is 0 Å². The molecule has 0 spiro atoms. The first kappa shape index (κ1) is 11.7. The number of allylic oxidation sites excluding steroid dienone is 7. The Morgan fingerprint density at radius 2 is 1.94 bits per heavy atom. The van der Waals surface area contributed by atoms with Gasteiger partial charge in [0.15, 0.2) is 0 Å². The van der Waals surface area contributed by atoms with Crippen molar-refractivity contribution in [3.63, 3.8) is 0 Å². The van der Waals surface area contributed by atoms with Crippen LogP contribution >= 0.6 is 0 Å². The fourth-order valence-electron chi connectivity index (χ4n) is 1.94. The van der Waals surface area contributed by atoms with Crippen molar-refractivity contribution in [2.24, 2.45) is 0 Å².